The third-order valence-corrected chi connectivity index (χ3v) is 6.07. The molecule has 26 heavy (non-hydrogen) atoms. The van der Waals surface area contributed by atoms with Crippen molar-refractivity contribution in [1.29, 1.82) is 0 Å². The summed E-state index contributed by atoms with van der Waals surface area (Å²) in [4.78, 5) is 41.7. The zero-order valence-electron chi connectivity index (χ0n) is 15.1. The van der Waals surface area contributed by atoms with Crippen molar-refractivity contribution in [2.75, 3.05) is 25.5 Å². The number of fused-ring (bicyclic) bond motifs is 1. The number of nitro benzene ring substituents is 1. The van der Waals surface area contributed by atoms with Crippen molar-refractivity contribution in [3.63, 3.8) is 0 Å². The maximum absolute atomic E-state index is 13.2. The minimum atomic E-state index is -1.36. The number of nitrogens with zero attached hydrogens (tertiary/aromatic N) is 4. The first kappa shape index (κ1) is 18.2. The highest BCUT2D eigenvalue weighted by Gasteiger charge is 2.60. The van der Waals surface area contributed by atoms with E-state index in [0.717, 1.165) is 5.69 Å². The quantitative estimate of drug-likeness (QED) is 0.337. The molecular weight excluding hydrogens is 356 g/mol. The van der Waals surface area contributed by atoms with Gasteiger partial charge in [0.05, 0.1) is 4.92 Å². The van der Waals surface area contributed by atoms with Gasteiger partial charge in [0, 0.05) is 50.9 Å². The fourth-order valence-electron chi connectivity index (χ4n) is 4.07. The summed E-state index contributed by atoms with van der Waals surface area (Å²) in [5, 5.41) is 11.3. The van der Waals surface area contributed by atoms with E-state index >= 15 is 0 Å². The van der Waals surface area contributed by atoms with Crippen molar-refractivity contribution in [3.05, 3.63) is 33.9 Å². The highest BCUT2D eigenvalue weighted by Crippen LogP contribution is 2.46. The standard InChI is InChI=1S/C17H20N4O4S/c1-5-20-10(2)17(14(22)18(3)16(26)19(4)15(17)23)9-11-8-12(21(24)25)6-7-13(11)20/h6-8,10H,5,9H2,1-4H3/t10-/m0/s1. The molecule has 1 spiro atoms. The third-order valence-electron chi connectivity index (χ3n) is 5.52. The minimum Gasteiger partial charge on any atom is -0.367 e. The molecule has 1 aromatic carbocycles. The summed E-state index contributed by atoms with van der Waals surface area (Å²) in [6, 6.07) is 4.19. The Kier molecular flexibility index (Phi) is 4.22. The molecule has 1 fully saturated rings. The number of hydrogen-bond acceptors (Lipinski definition) is 6. The summed E-state index contributed by atoms with van der Waals surface area (Å²) < 4.78 is 0. The van der Waals surface area contributed by atoms with E-state index in [0.29, 0.717) is 12.1 Å². The Hall–Kier alpha value is -2.55. The Bertz CT molecular complexity index is 816. The van der Waals surface area contributed by atoms with Crippen LogP contribution in [0.5, 0.6) is 0 Å². The van der Waals surface area contributed by atoms with E-state index in [1.165, 1.54) is 21.9 Å². The molecule has 0 aromatic heterocycles. The molecule has 2 heterocycles. The molecule has 9 heteroatoms. The first-order valence-electron chi connectivity index (χ1n) is 8.31. The number of thiocarbonyl (C=S) groups is 1. The van der Waals surface area contributed by atoms with Gasteiger partial charge < -0.3 is 4.90 Å². The number of amides is 2. The van der Waals surface area contributed by atoms with Gasteiger partial charge in [-0.05, 0) is 37.7 Å². The van der Waals surface area contributed by atoms with Crippen molar-refractivity contribution in [2.24, 2.45) is 5.41 Å². The van der Waals surface area contributed by atoms with Crippen molar-refractivity contribution < 1.29 is 14.5 Å². The zero-order chi connectivity index (χ0) is 19.4. The SMILES string of the molecule is CCN1c2ccc([N+](=O)[O-])cc2CC2(C(=O)N(C)C(=S)N(C)C2=O)[C@@H]1C. The number of carbonyl (C=O) groups excluding carboxylic acids is 2. The molecule has 3 rings (SSSR count). The summed E-state index contributed by atoms with van der Waals surface area (Å²) in [5.41, 5.74) is 0.0209. The number of anilines is 1. The van der Waals surface area contributed by atoms with Crippen LogP contribution < -0.4 is 4.90 Å². The fraction of sp³-hybridized carbons (Fsp3) is 0.471. The van der Waals surface area contributed by atoms with Gasteiger partial charge in [-0.2, -0.15) is 0 Å². The third kappa shape index (κ3) is 2.23. The summed E-state index contributed by atoms with van der Waals surface area (Å²) in [7, 11) is 3.11. The number of nitro groups is 1. The largest absolute Gasteiger partial charge is 0.367 e. The van der Waals surface area contributed by atoms with Gasteiger partial charge in [0.25, 0.3) is 5.69 Å². The molecule has 0 unspecified atom stereocenters. The molecule has 0 saturated carbocycles. The van der Waals surface area contributed by atoms with Crippen LogP contribution >= 0.6 is 12.2 Å². The van der Waals surface area contributed by atoms with Gasteiger partial charge >= 0.3 is 0 Å². The van der Waals surface area contributed by atoms with Crippen LogP contribution in [-0.4, -0.2) is 58.3 Å². The van der Waals surface area contributed by atoms with E-state index in [2.05, 4.69) is 0 Å². The Balaban J connectivity index is 2.22. The summed E-state index contributed by atoms with van der Waals surface area (Å²) in [5.74, 6) is -0.734. The molecule has 8 nitrogen and oxygen atoms in total. The molecule has 138 valence electrons. The average molecular weight is 376 g/mol. The Morgan fingerprint density at radius 1 is 1.27 bits per heavy atom. The zero-order valence-corrected chi connectivity index (χ0v) is 15.9. The second-order valence-electron chi connectivity index (χ2n) is 6.69. The lowest BCUT2D eigenvalue weighted by Gasteiger charge is -2.52. The molecule has 2 aliphatic heterocycles. The van der Waals surface area contributed by atoms with E-state index in [1.54, 1.807) is 20.2 Å². The van der Waals surface area contributed by atoms with Crippen molar-refractivity contribution in [1.82, 2.24) is 9.80 Å². The molecule has 0 bridgehead atoms. The number of carbonyl (C=O) groups is 2. The molecule has 1 saturated heterocycles. The summed E-state index contributed by atoms with van der Waals surface area (Å²) in [6.07, 6.45) is 0.108. The highest BCUT2D eigenvalue weighted by molar-refractivity contribution is 7.80. The van der Waals surface area contributed by atoms with E-state index in [1.807, 2.05) is 18.7 Å². The van der Waals surface area contributed by atoms with Gasteiger partial charge in [-0.15, -0.1) is 0 Å². The molecule has 1 aromatic rings. The molecule has 0 radical (unpaired) electrons. The Morgan fingerprint density at radius 2 is 1.85 bits per heavy atom. The topological polar surface area (TPSA) is 87.0 Å². The van der Waals surface area contributed by atoms with Gasteiger partial charge in [0.2, 0.25) is 11.8 Å². The van der Waals surface area contributed by atoms with E-state index in [-0.39, 0.29) is 29.0 Å². The fourth-order valence-corrected chi connectivity index (χ4v) is 4.24. The van der Waals surface area contributed by atoms with Gasteiger partial charge in [-0.3, -0.25) is 29.5 Å². The first-order chi connectivity index (χ1) is 12.2. The molecule has 2 amide bonds. The lowest BCUT2D eigenvalue weighted by Crippen LogP contribution is -2.70. The highest BCUT2D eigenvalue weighted by atomic mass is 32.1. The Morgan fingerprint density at radius 3 is 2.35 bits per heavy atom. The molecule has 0 aliphatic carbocycles. The van der Waals surface area contributed by atoms with Crippen molar-refractivity contribution >= 4 is 40.5 Å². The summed E-state index contributed by atoms with van der Waals surface area (Å²) in [6.45, 7) is 4.34. The molecular formula is C17H20N4O4S. The van der Waals surface area contributed by atoms with Crippen LogP contribution in [0.4, 0.5) is 11.4 Å². The van der Waals surface area contributed by atoms with Crippen LogP contribution in [0.1, 0.15) is 19.4 Å². The second kappa shape index (κ2) is 6.01. The predicted molar refractivity (Wildman–Crippen MR) is 99.9 cm³/mol. The van der Waals surface area contributed by atoms with Crippen LogP contribution in [0.25, 0.3) is 0 Å². The van der Waals surface area contributed by atoms with Crippen molar-refractivity contribution in [2.45, 2.75) is 26.3 Å². The lowest BCUT2D eigenvalue weighted by atomic mass is 9.68. The molecule has 0 N–H and O–H groups in total. The van der Waals surface area contributed by atoms with Crippen LogP contribution in [0.3, 0.4) is 0 Å². The van der Waals surface area contributed by atoms with Crippen LogP contribution in [-0.2, 0) is 16.0 Å². The second-order valence-corrected chi connectivity index (χ2v) is 7.06. The number of rotatable bonds is 2. The number of benzene rings is 1. The number of non-ortho nitro benzene ring substituents is 1. The van der Waals surface area contributed by atoms with Gasteiger partial charge in [0.1, 0.15) is 0 Å². The van der Waals surface area contributed by atoms with Crippen LogP contribution in [0.2, 0.25) is 0 Å². The Labute approximate surface area is 156 Å². The van der Waals surface area contributed by atoms with Crippen LogP contribution in [0, 0.1) is 15.5 Å². The lowest BCUT2D eigenvalue weighted by molar-refractivity contribution is -0.384. The average Bonchev–Trinajstić information content (AvgIpc) is 2.63. The number of hydrogen-bond donors (Lipinski definition) is 0. The minimum absolute atomic E-state index is 0.0579. The molecule has 1 atom stereocenters. The maximum atomic E-state index is 13.2. The van der Waals surface area contributed by atoms with Gasteiger partial charge in [-0.1, -0.05) is 0 Å². The van der Waals surface area contributed by atoms with Gasteiger partial charge in [0.15, 0.2) is 10.5 Å². The normalized spacial score (nSPS) is 22.1. The van der Waals surface area contributed by atoms with Gasteiger partial charge in [-0.25, -0.2) is 0 Å². The van der Waals surface area contributed by atoms with Crippen molar-refractivity contribution in [3.8, 4) is 0 Å². The van der Waals surface area contributed by atoms with E-state index in [9.17, 15) is 19.7 Å². The monoisotopic (exact) mass is 376 g/mol. The molecule has 2 aliphatic rings. The maximum Gasteiger partial charge on any atom is 0.269 e. The smallest absolute Gasteiger partial charge is 0.269 e. The summed E-state index contributed by atoms with van der Waals surface area (Å²) >= 11 is 5.19. The van der Waals surface area contributed by atoms with E-state index < -0.39 is 16.4 Å². The first-order valence-corrected chi connectivity index (χ1v) is 8.71. The van der Waals surface area contributed by atoms with E-state index in [4.69, 9.17) is 12.2 Å². The van der Waals surface area contributed by atoms with Crippen LogP contribution in [0.15, 0.2) is 18.2 Å². The predicted octanol–water partition coefficient (Wildman–Crippen LogP) is 1.57.